The van der Waals surface area contributed by atoms with Gasteiger partial charge in [-0.2, -0.15) is 0 Å². The Morgan fingerprint density at radius 1 is 1.10 bits per heavy atom. The molecule has 1 N–H and O–H groups in total. The number of nitrogens with zero attached hydrogens (tertiary/aromatic N) is 2. The number of ether oxygens (including phenoxy) is 1. The SMILES string of the molecule is Cn1ccnc1C(NC(=O)COc1ccc2ccccc2c1)c1ccccc1F. The van der Waals surface area contributed by atoms with E-state index < -0.39 is 11.9 Å². The molecule has 29 heavy (non-hydrogen) atoms. The zero-order chi connectivity index (χ0) is 20.2. The number of aryl methyl sites for hydroxylation is 1. The van der Waals surface area contributed by atoms with Gasteiger partial charge in [0.25, 0.3) is 5.91 Å². The van der Waals surface area contributed by atoms with Gasteiger partial charge < -0.3 is 14.6 Å². The molecular formula is C23H20FN3O2. The number of halogens is 1. The topological polar surface area (TPSA) is 56.2 Å². The van der Waals surface area contributed by atoms with Gasteiger partial charge in [-0.05, 0) is 29.0 Å². The van der Waals surface area contributed by atoms with Gasteiger partial charge in [-0.15, -0.1) is 0 Å². The molecule has 4 rings (SSSR count). The Labute approximate surface area is 167 Å². The third kappa shape index (κ3) is 4.11. The molecule has 0 fully saturated rings. The van der Waals surface area contributed by atoms with Crippen LogP contribution in [0.1, 0.15) is 17.4 Å². The first-order chi connectivity index (χ1) is 14.1. The molecule has 146 valence electrons. The first kappa shape index (κ1) is 18.7. The predicted octanol–water partition coefficient (Wildman–Crippen LogP) is 4.00. The molecule has 0 aliphatic carbocycles. The van der Waals surface area contributed by atoms with Crippen molar-refractivity contribution in [1.29, 1.82) is 0 Å². The molecule has 1 aromatic heterocycles. The van der Waals surface area contributed by atoms with E-state index in [1.807, 2.05) is 42.5 Å². The Bertz CT molecular complexity index is 1160. The van der Waals surface area contributed by atoms with Gasteiger partial charge in [0.15, 0.2) is 6.61 Å². The highest BCUT2D eigenvalue weighted by molar-refractivity contribution is 5.84. The van der Waals surface area contributed by atoms with Crippen LogP contribution < -0.4 is 10.1 Å². The smallest absolute Gasteiger partial charge is 0.258 e. The van der Waals surface area contributed by atoms with Gasteiger partial charge in [0, 0.05) is 25.0 Å². The van der Waals surface area contributed by atoms with Crippen molar-refractivity contribution >= 4 is 16.7 Å². The van der Waals surface area contributed by atoms with Gasteiger partial charge in [0.1, 0.15) is 23.4 Å². The summed E-state index contributed by atoms with van der Waals surface area (Å²) >= 11 is 0. The highest BCUT2D eigenvalue weighted by Gasteiger charge is 2.23. The minimum atomic E-state index is -0.719. The standard InChI is InChI=1S/C23H20FN3O2/c1-27-13-12-25-23(27)22(19-8-4-5-9-20(19)24)26-21(28)15-29-18-11-10-16-6-2-3-7-17(16)14-18/h2-14,22H,15H2,1H3,(H,26,28). The number of nitrogens with one attached hydrogen (secondary N) is 1. The number of hydrogen-bond acceptors (Lipinski definition) is 3. The quantitative estimate of drug-likeness (QED) is 0.542. The summed E-state index contributed by atoms with van der Waals surface area (Å²) in [6, 6.07) is 19.2. The van der Waals surface area contributed by atoms with E-state index in [9.17, 15) is 9.18 Å². The van der Waals surface area contributed by atoms with Crippen molar-refractivity contribution in [2.24, 2.45) is 7.05 Å². The predicted molar refractivity (Wildman–Crippen MR) is 109 cm³/mol. The normalized spacial score (nSPS) is 11.9. The van der Waals surface area contributed by atoms with Gasteiger partial charge in [-0.25, -0.2) is 9.37 Å². The number of aromatic nitrogens is 2. The summed E-state index contributed by atoms with van der Waals surface area (Å²) in [5, 5.41) is 4.96. The molecule has 0 aliphatic heterocycles. The fourth-order valence-corrected chi connectivity index (χ4v) is 3.25. The summed E-state index contributed by atoms with van der Waals surface area (Å²) in [4.78, 5) is 16.9. The van der Waals surface area contributed by atoms with Gasteiger partial charge in [-0.1, -0.05) is 48.5 Å². The lowest BCUT2D eigenvalue weighted by atomic mass is 10.1. The Balaban J connectivity index is 1.50. The lowest BCUT2D eigenvalue weighted by Crippen LogP contribution is -2.35. The zero-order valence-electron chi connectivity index (χ0n) is 15.9. The van der Waals surface area contributed by atoms with Gasteiger partial charge >= 0.3 is 0 Å². The Hall–Kier alpha value is -3.67. The number of hydrogen-bond donors (Lipinski definition) is 1. The van der Waals surface area contributed by atoms with Crippen LogP contribution in [0.5, 0.6) is 5.75 Å². The third-order valence-electron chi connectivity index (χ3n) is 4.73. The molecule has 0 radical (unpaired) electrons. The summed E-state index contributed by atoms with van der Waals surface area (Å²) in [6.45, 7) is -0.187. The fourth-order valence-electron chi connectivity index (χ4n) is 3.25. The average molecular weight is 389 g/mol. The molecule has 0 aliphatic rings. The van der Waals surface area contributed by atoms with Gasteiger partial charge in [0.2, 0.25) is 0 Å². The molecule has 0 saturated heterocycles. The second-order valence-corrected chi connectivity index (χ2v) is 6.72. The summed E-state index contributed by atoms with van der Waals surface area (Å²) in [6.07, 6.45) is 3.36. The number of amides is 1. The second-order valence-electron chi connectivity index (χ2n) is 6.72. The molecule has 0 saturated carbocycles. The molecular weight excluding hydrogens is 369 g/mol. The lowest BCUT2D eigenvalue weighted by Gasteiger charge is -2.20. The fraction of sp³-hybridized carbons (Fsp3) is 0.130. The molecule has 0 bridgehead atoms. The Kier molecular flexibility index (Phi) is 5.24. The maximum absolute atomic E-state index is 14.4. The van der Waals surface area contributed by atoms with Crippen molar-refractivity contribution in [2.75, 3.05) is 6.61 Å². The molecule has 1 heterocycles. The van der Waals surface area contributed by atoms with E-state index in [4.69, 9.17) is 4.74 Å². The van der Waals surface area contributed by atoms with Crippen molar-refractivity contribution in [3.63, 3.8) is 0 Å². The van der Waals surface area contributed by atoms with Gasteiger partial charge in [-0.3, -0.25) is 4.79 Å². The van der Waals surface area contributed by atoms with Crippen LogP contribution in [0.2, 0.25) is 0 Å². The highest BCUT2D eigenvalue weighted by atomic mass is 19.1. The van der Waals surface area contributed by atoms with Gasteiger partial charge in [0.05, 0.1) is 0 Å². The van der Waals surface area contributed by atoms with Crippen molar-refractivity contribution in [1.82, 2.24) is 14.9 Å². The van der Waals surface area contributed by atoms with Crippen LogP contribution in [0.3, 0.4) is 0 Å². The molecule has 5 nitrogen and oxygen atoms in total. The first-order valence-corrected chi connectivity index (χ1v) is 9.24. The number of carbonyl (C=O) groups excluding carboxylic acids is 1. The number of imidazole rings is 1. The van der Waals surface area contributed by atoms with Crippen LogP contribution in [0.4, 0.5) is 4.39 Å². The number of rotatable bonds is 6. The summed E-state index contributed by atoms with van der Waals surface area (Å²) in [5.41, 5.74) is 0.348. The molecule has 1 amide bonds. The van der Waals surface area contributed by atoms with Crippen molar-refractivity contribution in [3.8, 4) is 5.75 Å². The molecule has 1 atom stereocenters. The van der Waals surface area contributed by atoms with Crippen LogP contribution in [0.15, 0.2) is 79.1 Å². The second kappa shape index (κ2) is 8.14. The van der Waals surface area contributed by atoms with Crippen molar-refractivity contribution in [3.05, 3.63) is 96.3 Å². The van der Waals surface area contributed by atoms with E-state index in [2.05, 4.69) is 10.3 Å². The molecule has 0 spiro atoms. The van der Waals surface area contributed by atoms with Crippen LogP contribution in [0.25, 0.3) is 10.8 Å². The highest BCUT2D eigenvalue weighted by Crippen LogP contribution is 2.23. The summed E-state index contributed by atoms with van der Waals surface area (Å²) in [5.74, 6) is 0.359. The van der Waals surface area contributed by atoms with E-state index in [0.29, 0.717) is 17.1 Å². The Morgan fingerprint density at radius 2 is 1.86 bits per heavy atom. The molecule has 4 aromatic rings. The average Bonchev–Trinajstić information content (AvgIpc) is 3.16. The maximum atomic E-state index is 14.4. The molecule has 6 heteroatoms. The third-order valence-corrected chi connectivity index (χ3v) is 4.73. The van der Waals surface area contributed by atoms with Crippen LogP contribution in [0, 0.1) is 5.82 Å². The van der Waals surface area contributed by atoms with E-state index in [1.165, 1.54) is 6.07 Å². The van der Waals surface area contributed by atoms with E-state index in [-0.39, 0.29) is 12.5 Å². The minimum Gasteiger partial charge on any atom is -0.484 e. The first-order valence-electron chi connectivity index (χ1n) is 9.24. The maximum Gasteiger partial charge on any atom is 0.258 e. The van der Waals surface area contributed by atoms with Crippen LogP contribution in [-0.4, -0.2) is 22.1 Å². The number of benzene rings is 3. The van der Waals surface area contributed by atoms with Crippen LogP contribution >= 0.6 is 0 Å². The number of carbonyl (C=O) groups is 1. The number of fused-ring (bicyclic) bond motifs is 1. The lowest BCUT2D eigenvalue weighted by molar-refractivity contribution is -0.123. The monoisotopic (exact) mass is 389 g/mol. The van der Waals surface area contributed by atoms with Crippen molar-refractivity contribution < 1.29 is 13.9 Å². The zero-order valence-corrected chi connectivity index (χ0v) is 15.9. The van der Waals surface area contributed by atoms with Crippen LogP contribution in [-0.2, 0) is 11.8 Å². The summed E-state index contributed by atoms with van der Waals surface area (Å²) in [7, 11) is 1.80. The molecule has 3 aromatic carbocycles. The summed E-state index contributed by atoms with van der Waals surface area (Å²) < 4.78 is 21.8. The van der Waals surface area contributed by atoms with E-state index in [0.717, 1.165) is 10.8 Å². The largest absolute Gasteiger partial charge is 0.484 e. The molecule has 1 unspecified atom stereocenters. The van der Waals surface area contributed by atoms with E-state index in [1.54, 1.807) is 42.2 Å². The van der Waals surface area contributed by atoms with Crippen molar-refractivity contribution in [2.45, 2.75) is 6.04 Å². The Morgan fingerprint density at radius 3 is 2.62 bits per heavy atom. The minimum absolute atomic E-state index is 0.187. The van der Waals surface area contributed by atoms with E-state index >= 15 is 0 Å².